The van der Waals surface area contributed by atoms with Gasteiger partial charge in [-0.25, -0.2) is 14.8 Å². The van der Waals surface area contributed by atoms with E-state index < -0.39 is 6.09 Å². The summed E-state index contributed by atoms with van der Waals surface area (Å²) in [5.41, 5.74) is 1.25. The van der Waals surface area contributed by atoms with Crippen molar-refractivity contribution in [1.29, 1.82) is 0 Å². The summed E-state index contributed by atoms with van der Waals surface area (Å²) in [4.78, 5) is 22.8. The number of ether oxygens (including phenoxy) is 1. The van der Waals surface area contributed by atoms with Crippen LogP contribution in [0.5, 0.6) is 0 Å². The second kappa shape index (κ2) is 7.90. The van der Waals surface area contributed by atoms with Crippen molar-refractivity contribution in [2.24, 2.45) is 0 Å². The van der Waals surface area contributed by atoms with Crippen molar-refractivity contribution in [3.63, 3.8) is 0 Å². The number of benzene rings is 1. The van der Waals surface area contributed by atoms with Crippen molar-refractivity contribution in [3.8, 4) is 11.4 Å². The second-order valence-corrected chi connectivity index (χ2v) is 6.48. The lowest BCUT2D eigenvalue weighted by atomic mass is 10.2. The normalized spacial score (nSPS) is 14.4. The zero-order valence-corrected chi connectivity index (χ0v) is 15.1. The van der Waals surface area contributed by atoms with Crippen molar-refractivity contribution >= 4 is 41.0 Å². The van der Waals surface area contributed by atoms with Gasteiger partial charge in [0.05, 0.1) is 18.1 Å². The third-order valence-electron chi connectivity index (χ3n) is 3.72. The number of carboxylic acid groups (broad SMARTS) is 1. The Kier molecular flexibility index (Phi) is 5.62. The molecule has 2 aromatic rings. The van der Waals surface area contributed by atoms with E-state index >= 15 is 0 Å². The van der Waals surface area contributed by atoms with Gasteiger partial charge in [0, 0.05) is 24.3 Å². The molecule has 3 rings (SSSR count). The minimum absolute atomic E-state index is 0.409. The van der Waals surface area contributed by atoms with Crippen LogP contribution in [0.1, 0.15) is 0 Å². The summed E-state index contributed by atoms with van der Waals surface area (Å²) >= 11 is 7.90. The van der Waals surface area contributed by atoms with Gasteiger partial charge in [-0.1, -0.05) is 11.6 Å². The maximum atomic E-state index is 10.7. The van der Waals surface area contributed by atoms with Gasteiger partial charge in [-0.05, 0) is 30.5 Å². The molecule has 0 bridgehead atoms. The summed E-state index contributed by atoms with van der Waals surface area (Å²) in [6.07, 6.45) is 0.839. The molecule has 25 heavy (non-hydrogen) atoms. The Hall–Kier alpha value is -2.03. The molecule has 0 spiro atoms. The van der Waals surface area contributed by atoms with Crippen LogP contribution in [0.3, 0.4) is 0 Å². The molecule has 1 amide bonds. The van der Waals surface area contributed by atoms with Crippen LogP contribution >= 0.6 is 23.4 Å². The van der Waals surface area contributed by atoms with E-state index in [9.17, 15) is 4.79 Å². The average molecular weight is 381 g/mol. The molecule has 0 radical (unpaired) electrons. The molecule has 1 fully saturated rings. The van der Waals surface area contributed by atoms with Crippen LogP contribution in [-0.4, -0.2) is 53.7 Å². The second-order valence-electron chi connectivity index (χ2n) is 5.30. The maximum Gasteiger partial charge on any atom is 0.409 e. The van der Waals surface area contributed by atoms with Gasteiger partial charge in [0.25, 0.3) is 0 Å². The molecule has 132 valence electrons. The fourth-order valence-corrected chi connectivity index (χ4v) is 3.50. The number of anilines is 2. The van der Waals surface area contributed by atoms with Crippen molar-refractivity contribution in [1.82, 2.24) is 9.97 Å². The number of halogens is 1. The zero-order valence-electron chi connectivity index (χ0n) is 13.5. The Bertz CT molecular complexity index is 767. The number of aromatic nitrogens is 2. The molecule has 0 atom stereocenters. The van der Waals surface area contributed by atoms with E-state index in [0.717, 1.165) is 29.4 Å². The molecule has 2 N–H and O–H groups in total. The number of rotatable bonds is 4. The van der Waals surface area contributed by atoms with Gasteiger partial charge in [0.15, 0.2) is 5.82 Å². The highest BCUT2D eigenvalue weighted by Crippen LogP contribution is 2.35. The standard InChI is InChI=1S/C16H17ClN4O3S/c1-25-12-13(17)19-14(20-15(12)21-6-8-24-9-7-21)10-2-4-11(5-3-10)18-16(22)23/h2-5,18H,6-9H2,1H3,(H,22,23). The Balaban J connectivity index is 1.96. The van der Waals surface area contributed by atoms with Crippen LogP contribution < -0.4 is 10.2 Å². The lowest BCUT2D eigenvalue weighted by Crippen LogP contribution is -2.37. The highest BCUT2D eigenvalue weighted by atomic mass is 35.5. The van der Waals surface area contributed by atoms with Crippen LogP contribution in [-0.2, 0) is 4.74 Å². The largest absolute Gasteiger partial charge is 0.465 e. The Morgan fingerprint density at radius 3 is 2.56 bits per heavy atom. The van der Waals surface area contributed by atoms with Crippen LogP contribution in [0.15, 0.2) is 29.2 Å². The summed E-state index contributed by atoms with van der Waals surface area (Å²) in [7, 11) is 0. The quantitative estimate of drug-likeness (QED) is 0.620. The first-order chi connectivity index (χ1) is 12.1. The molecule has 9 heteroatoms. The van der Waals surface area contributed by atoms with Crippen molar-refractivity contribution < 1.29 is 14.6 Å². The molecule has 1 aromatic heterocycles. The molecule has 0 unspecified atom stereocenters. The first-order valence-corrected chi connectivity index (χ1v) is 9.23. The van der Waals surface area contributed by atoms with Crippen molar-refractivity contribution in [3.05, 3.63) is 29.4 Å². The summed E-state index contributed by atoms with van der Waals surface area (Å²) in [5, 5.41) is 11.5. The van der Waals surface area contributed by atoms with Gasteiger partial charge in [-0.3, -0.25) is 5.32 Å². The summed E-state index contributed by atoms with van der Waals surface area (Å²) < 4.78 is 5.40. The van der Waals surface area contributed by atoms with Crippen LogP contribution in [0, 0.1) is 0 Å². The molecule has 1 aromatic carbocycles. The fourth-order valence-electron chi connectivity index (χ4n) is 2.53. The van der Waals surface area contributed by atoms with Gasteiger partial charge < -0.3 is 14.7 Å². The van der Waals surface area contributed by atoms with Crippen molar-refractivity contribution in [2.45, 2.75) is 4.90 Å². The van der Waals surface area contributed by atoms with E-state index in [0.29, 0.717) is 29.9 Å². The highest BCUT2D eigenvalue weighted by Gasteiger charge is 2.21. The first-order valence-electron chi connectivity index (χ1n) is 7.63. The molecular weight excluding hydrogens is 364 g/mol. The van der Waals surface area contributed by atoms with Gasteiger partial charge in [-0.15, -0.1) is 11.8 Å². The molecule has 0 aliphatic carbocycles. The molecule has 0 saturated carbocycles. The predicted octanol–water partition coefficient (Wildman–Crippen LogP) is 3.45. The van der Waals surface area contributed by atoms with Gasteiger partial charge in [-0.2, -0.15) is 0 Å². The number of nitrogens with one attached hydrogen (secondary N) is 1. The minimum Gasteiger partial charge on any atom is -0.465 e. The molecule has 1 aliphatic rings. The summed E-state index contributed by atoms with van der Waals surface area (Å²) in [6.45, 7) is 2.81. The zero-order chi connectivity index (χ0) is 17.8. The van der Waals surface area contributed by atoms with Gasteiger partial charge in [0.1, 0.15) is 11.0 Å². The van der Waals surface area contributed by atoms with E-state index in [1.54, 1.807) is 24.3 Å². The third kappa shape index (κ3) is 4.15. The van der Waals surface area contributed by atoms with Gasteiger partial charge >= 0.3 is 6.09 Å². The van der Waals surface area contributed by atoms with Crippen LogP contribution in [0.25, 0.3) is 11.4 Å². The number of amides is 1. The topological polar surface area (TPSA) is 87.6 Å². The SMILES string of the molecule is CSc1c(Cl)nc(-c2ccc(NC(=O)O)cc2)nc1N1CCOCC1. The Morgan fingerprint density at radius 2 is 1.96 bits per heavy atom. The van der Waals surface area contributed by atoms with Gasteiger partial charge in [0.2, 0.25) is 0 Å². The van der Waals surface area contributed by atoms with E-state index in [1.807, 2.05) is 6.26 Å². The predicted molar refractivity (Wildman–Crippen MR) is 98.9 cm³/mol. The minimum atomic E-state index is -1.11. The van der Waals surface area contributed by atoms with Crippen LogP contribution in [0.2, 0.25) is 5.15 Å². The Morgan fingerprint density at radius 1 is 1.28 bits per heavy atom. The molecule has 1 aliphatic heterocycles. The first kappa shape index (κ1) is 17.8. The monoisotopic (exact) mass is 380 g/mol. The van der Waals surface area contributed by atoms with E-state index in [1.165, 1.54) is 11.8 Å². The van der Waals surface area contributed by atoms with E-state index in [4.69, 9.17) is 26.4 Å². The van der Waals surface area contributed by atoms with E-state index in [2.05, 4.69) is 15.2 Å². The summed E-state index contributed by atoms with van der Waals surface area (Å²) in [6, 6.07) is 6.85. The molecule has 1 saturated heterocycles. The average Bonchev–Trinajstić information content (AvgIpc) is 2.62. The maximum absolute atomic E-state index is 10.7. The lowest BCUT2D eigenvalue weighted by molar-refractivity contribution is 0.122. The number of carbonyl (C=O) groups is 1. The van der Waals surface area contributed by atoms with Crippen LogP contribution in [0.4, 0.5) is 16.3 Å². The number of hydrogen-bond donors (Lipinski definition) is 2. The number of morpholine rings is 1. The third-order valence-corrected chi connectivity index (χ3v) is 4.89. The highest BCUT2D eigenvalue weighted by molar-refractivity contribution is 7.98. The van der Waals surface area contributed by atoms with E-state index in [-0.39, 0.29) is 0 Å². The molecular formula is C16H17ClN4O3S. The summed E-state index contributed by atoms with van der Waals surface area (Å²) in [5.74, 6) is 1.31. The number of thioether (sulfide) groups is 1. The fraction of sp³-hybridized carbons (Fsp3) is 0.312. The lowest BCUT2D eigenvalue weighted by Gasteiger charge is -2.29. The number of nitrogens with zero attached hydrogens (tertiary/aromatic N) is 3. The number of hydrogen-bond acceptors (Lipinski definition) is 6. The molecule has 2 heterocycles. The Labute approximate surface area is 154 Å². The van der Waals surface area contributed by atoms with Crippen molar-refractivity contribution in [2.75, 3.05) is 42.8 Å². The molecule has 7 nitrogen and oxygen atoms in total. The smallest absolute Gasteiger partial charge is 0.409 e.